The van der Waals surface area contributed by atoms with Crippen molar-refractivity contribution in [1.82, 2.24) is 15.3 Å². The molecule has 4 nitrogen and oxygen atoms in total. The number of aryl methyl sites for hydroxylation is 1. The fourth-order valence-corrected chi connectivity index (χ4v) is 2.06. The van der Waals surface area contributed by atoms with Crippen LogP contribution in [0, 0.1) is 6.92 Å². The third-order valence-electron chi connectivity index (χ3n) is 2.95. The molecule has 0 aliphatic carbocycles. The Bertz CT molecular complexity index is 654. The highest BCUT2D eigenvalue weighted by atomic mass is 16.3. The first-order chi connectivity index (χ1) is 8.83. The van der Waals surface area contributed by atoms with Gasteiger partial charge in [0.05, 0.1) is 6.54 Å². The van der Waals surface area contributed by atoms with Gasteiger partial charge in [-0.25, -0.2) is 4.98 Å². The van der Waals surface area contributed by atoms with E-state index in [1.807, 2.05) is 31.3 Å². The van der Waals surface area contributed by atoms with Crippen LogP contribution in [0.25, 0.3) is 11.0 Å². The number of furan rings is 1. The van der Waals surface area contributed by atoms with Crippen LogP contribution in [-0.2, 0) is 13.1 Å². The Morgan fingerprint density at radius 3 is 3.06 bits per heavy atom. The molecule has 0 spiro atoms. The third-order valence-corrected chi connectivity index (χ3v) is 2.95. The Kier molecular flexibility index (Phi) is 2.86. The average molecular weight is 241 g/mol. The number of aromatic nitrogens is 2. The van der Waals surface area contributed by atoms with Gasteiger partial charge in [-0.2, -0.15) is 0 Å². The largest absolute Gasteiger partial charge is 0.465 e. The monoisotopic (exact) mass is 241 g/mol. The van der Waals surface area contributed by atoms with E-state index in [4.69, 9.17) is 4.42 Å². The molecular formula is C14H15N3O. The summed E-state index contributed by atoms with van der Waals surface area (Å²) in [4.78, 5) is 7.44. The van der Waals surface area contributed by atoms with Crippen LogP contribution in [0.3, 0.4) is 0 Å². The SMILES string of the molecule is Cc1ccc(CNCc2c[nH]c3ncccc23)o1. The normalized spacial score (nSPS) is 11.2. The topological polar surface area (TPSA) is 53.9 Å². The summed E-state index contributed by atoms with van der Waals surface area (Å²) in [6.45, 7) is 3.49. The van der Waals surface area contributed by atoms with Crippen molar-refractivity contribution < 1.29 is 4.42 Å². The molecule has 3 aromatic heterocycles. The molecule has 0 aliphatic rings. The lowest BCUT2D eigenvalue weighted by atomic mass is 10.2. The zero-order chi connectivity index (χ0) is 12.4. The molecule has 0 saturated carbocycles. The predicted molar refractivity (Wildman–Crippen MR) is 70.1 cm³/mol. The van der Waals surface area contributed by atoms with Gasteiger partial charge in [0, 0.05) is 24.3 Å². The highest BCUT2D eigenvalue weighted by Gasteiger charge is 2.04. The first-order valence-corrected chi connectivity index (χ1v) is 6.00. The van der Waals surface area contributed by atoms with Gasteiger partial charge in [0.2, 0.25) is 0 Å². The molecule has 0 bridgehead atoms. The molecule has 0 unspecified atom stereocenters. The summed E-state index contributed by atoms with van der Waals surface area (Å²) in [6, 6.07) is 8.01. The summed E-state index contributed by atoms with van der Waals surface area (Å²) < 4.78 is 5.51. The minimum absolute atomic E-state index is 0.737. The van der Waals surface area contributed by atoms with Gasteiger partial charge in [-0.05, 0) is 36.8 Å². The molecule has 18 heavy (non-hydrogen) atoms. The van der Waals surface area contributed by atoms with Crippen molar-refractivity contribution in [3.05, 3.63) is 53.7 Å². The van der Waals surface area contributed by atoms with Crippen molar-refractivity contribution in [3.63, 3.8) is 0 Å². The molecule has 92 valence electrons. The quantitative estimate of drug-likeness (QED) is 0.738. The average Bonchev–Trinajstić information content (AvgIpc) is 2.97. The molecule has 0 amide bonds. The highest BCUT2D eigenvalue weighted by Crippen LogP contribution is 2.15. The Labute approximate surface area is 105 Å². The fraction of sp³-hybridized carbons (Fsp3) is 0.214. The fourth-order valence-electron chi connectivity index (χ4n) is 2.06. The van der Waals surface area contributed by atoms with Crippen LogP contribution in [-0.4, -0.2) is 9.97 Å². The third kappa shape index (κ3) is 2.15. The Morgan fingerprint density at radius 1 is 1.28 bits per heavy atom. The van der Waals surface area contributed by atoms with Crippen LogP contribution < -0.4 is 5.32 Å². The van der Waals surface area contributed by atoms with Gasteiger partial charge >= 0.3 is 0 Å². The maximum atomic E-state index is 5.51. The number of aromatic amines is 1. The van der Waals surface area contributed by atoms with Gasteiger partial charge in [0.25, 0.3) is 0 Å². The summed E-state index contributed by atoms with van der Waals surface area (Å²) in [5, 5.41) is 4.54. The van der Waals surface area contributed by atoms with E-state index in [9.17, 15) is 0 Å². The van der Waals surface area contributed by atoms with Crippen molar-refractivity contribution in [2.24, 2.45) is 0 Å². The van der Waals surface area contributed by atoms with E-state index in [-0.39, 0.29) is 0 Å². The van der Waals surface area contributed by atoms with Crippen molar-refractivity contribution in [2.45, 2.75) is 20.0 Å². The number of nitrogens with zero attached hydrogens (tertiary/aromatic N) is 1. The summed E-state index contributed by atoms with van der Waals surface area (Å²) in [6.07, 6.45) is 3.79. The predicted octanol–water partition coefficient (Wildman–Crippen LogP) is 2.75. The van der Waals surface area contributed by atoms with E-state index in [0.717, 1.165) is 30.3 Å². The number of fused-ring (bicyclic) bond motifs is 1. The molecule has 0 aliphatic heterocycles. The number of nitrogens with one attached hydrogen (secondary N) is 2. The number of hydrogen-bond acceptors (Lipinski definition) is 3. The molecule has 0 aromatic carbocycles. The van der Waals surface area contributed by atoms with Crippen LogP contribution >= 0.6 is 0 Å². The summed E-state index contributed by atoms with van der Waals surface area (Å²) >= 11 is 0. The molecule has 3 aromatic rings. The number of pyridine rings is 1. The van der Waals surface area contributed by atoms with Gasteiger partial charge < -0.3 is 14.7 Å². The minimum atomic E-state index is 0.737. The maximum Gasteiger partial charge on any atom is 0.137 e. The van der Waals surface area contributed by atoms with Crippen molar-refractivity contribution in [1.29, 1.82) is 0 Å². The lowest BCUT2D eigenvalue weighted by Crippen LogP contribution is -2.11. The zero-order valence-electron chi connectivity index (χ0n) is 10.2. The smallest absolute Gasteiger partial charge is 0.137 e. The van der Waals surface area contributed by atoms with Crippen LogP contribution in [0.15, 0.2) is 41.1 Å². The molecule has 0 saturated heterocycles. The Morgan fingerprint density at radius 2 is 2.22 bits per heavy atom. The first kappa shape index (κ1) is 11.0. The van der Waals surface area contributed by atoms with Gasteiger partial charge in [0.1, 0.15) is 17.2 Å². The standard InChI is InChI=1S/C14H15N3O/c1-10-4-5-12(18-10)9-15-7-11-8-17-14-13(11)3-2-6-16-14/h2-6,8,15H,7,9H2,1H3,(H,16,17). The molecule has 3 rings (SSSR count). The van der Waals surface area contributed by atoms with E-state index in [0.29, 0.717) is 0 Å². The van der Waals surface area contributed by atoms with Crippen molar-refractivity contribution in [2.75, 3.05) is 0 Å². The van der Waals surface area contributed by atoms with Gasteiger partial charge in [0.15, 0.2) is 0 Å². The van der Waals surface area contributed by atoms with E-state index in [1.54, 1.807) is 6.20 Å². The molecule has 3 heterocycles. The number of hydrogen-bond donors (Lipinski definition) is 2. The van der Waals surface area contributed by atoms with Crippen LogP contribution in [0.5, 0.6) is 0 Å². The highest BCUT2D eigenvalue weighted by molar-refractivity contribution is 5.79. The van der Waals surface area contributed by atoms with Crippen LogP contribution in [0.1, 0.15) is 17.1 Å². The second kappa shape index (κ2) is 4.66. The van der Waals surface area contributed by atoms with E-state index in [2.05, 4.69) is 21.4 Å². The van der Waals surface area contributed by atoms with Gasteiger partial charge in [-0.15, -0.1) is 0 Å². The second-order valence-corrected chi connectivity index (χ2v) is 4.33. The summed E-state index contributed by atoms with van der Waals surface area (Å²) in [5.74, 6) is 1.91. The number of rotatable bonds is 4. The summed E-state index contributed by atoms with van der Waals surface area (Å²) in [7, 11) is 0. The summed E-state index contributed by atoms with van der Waals surface area (Å²) in [5.41, 5.74) is 2.16. The van der Waals surface area contributed by atoms with Crippen molar-refractivity contribution in [3.8, 4) is 0 Å². The van der Waals surface area contributed by atoms with Crippen LogP contribution in [0.2, 0.25) is 0 Å². The lowest BCUT2D eigenvalue weighted by Gasteiger charge is -2.01. The van der Waals surface area contributed by atoms with Gasteiger partial charge in [-0.3, -0.25) is 0 Å². The molecule has 0 radical (unpaired) electrons. The van der Waals surface area contributed by atoms with E-state index < -0.39 is 0 Å². The molecule has 2 N–H and O–H groups in total. The van der Waals surface area contributed by atoms with Gasteiger partial charge in [-0.1, -0.05) is 0 Å². The molecule has 0 fully saturated rings. The number of H-pyrrole nitrogens is 1. The molecule has 4 heteroatoms. The molecular weight excluding hydrogens is 226 g/mol. The zero-order valence-corrected chi connectivity index (χ0v) is 10.2. The van der Waals surface area contributed by atoms with Crippen LogP contribution in [0.4, 0.5) is 0 Å². The van der Waals surface area contributed by atoms with E-state index in [1.165, 1.54) is 10.9 Å². The Balaban J connectivity index is 1.66. The van der Waals surface area contributed by atoms with Crippen molar-refractivity contribution >= 4 is 11.0 Å². The first-order valence-electron chi connectivity index (χ1n) is 6.00. The second-order valence-electron chi connectivity index (χ2n) is 4.33. The van der Waals surface area contributed by atoms with E-state index >= 15 is 0 Å². The maximum absolute atomic E-state index is 5.51. The Hall–Kier alpha value is -2.07. The lowest BCUT2D eigenvalue weighted by molar-refractivity contribution is 0.462. The molecule has 0 atom stereocenters. The minimum Gasteiger partial charge on any atom is -0.465 e.